The molecule has 0 bridgehead atoms. The van der Waals surface area contributed by atoms with E-state index in [2.05, 4.69) is 17.4 Å². The van der Waals surface area contributed by atoms with Crippen molar-refractivity contribution < 1.29 is 9.26 Å². The lowest BCUT2D eigenvalue weighted by Gasteiger charge is -2.32. The van der Waals surface area contributed by atoms with Gasteiger partial charge in [-0.2, -0.15) is 4.98 Å². The van der Waals surface area contributed by atoms with Crippen LogP contribution < -0.4 is 5.32 Å². The summed E-state index contributed by atoms with van der Waals surface area (Å²) in [7, 11) is 1.77. The predicted octanol–water partition coefficient (Wildman–Crippen LogP) is 2.86. The van der Waals surface area contributed by atoms with E-state index in [9.17, 15) is 0 Å². The normalized spacial score (nSPS) is 29.7. The molecule has 1 saturated heterocycles. The second-order valence-electron chi connectivity index (χ2n) is 6.15. The van der Waals surface area contributed by atoms with Gasteiger partial charge in [0.05, 0.1) is 5.54 Å². The lowest BCUT2D eigenvalue weighted by molar-refractivity contribution is -0.0527. The third-order valence-electron chi connectivity index (χ3n) is 5.14. The third kappa shape index (κ3) is 2.17. The first-order chi connectivity index (χ1) is 9.75. The largest absolute Gasteiger partial charge is 0.370 e. The minimum atomic E-state index is -0.326. The molecule has 1 aliphatic heterocycles. The second-order valence-corrected chi connectivity index (χ2v) is 6.15. The highest BCUT2D eigenvalue weighted by Gasteiger charge is 2.43. The van der Waals surface area contributed by atoms with Crippen molar-refractivity contribution in [1.29, 1.82) is 0 Å². The Bertz CT molecular complexity index is 446. The molecule has 1 unspecified atom stereocenters. The van der Waals surface area contributed by atoms with Crippen LogP contribution in [0.2, 0.25) is 0 Å². The first kappa shape index (κ1) is 14.0. The molecular weight excluding hydrogens is 254 g/mol. The first-order valence-corrected chi connectivity index (χ1v) is 7.89. The molecule has 1 saturated carbocycles. The number of ether oxygens (including phenoxy) is 1. The molecule has 2 fully saturated rings. The van der Waals surface area contributed by atoms with E-state index < -0.39 is 0 Å². The quantitative estimate of drug-likeness (QED) is 0.918. The second kappa shape index (κ2) is 5.45. The molecule has 1 aromatic rings. The van der Waals surface area contributed by atoms with E-state index in [1.54, 1.807) is 7.11 Å². The van der Waals surface area contributed by atoms with Crippen molar-refractivity contribution in [2.45, 2.75) is 69.4 Å². The molecular formula is C15H25N3O2. The highest BCUT2D eigenvalue weighted by atomic mass is 16.5. The van der Waals surface area contributed by atoms with Crippen LogP contribution in [0, 0.1) is 0 Å². The minimum Gasteiger partial charge on any atom is -0.370 e. The summed E-state index contributed by atoms with van der Waals surface area (Å²) in [5.74, 6) is 1.49. The third-order valence-corrected chi connectivity index (χ3v) is 5.14. The average Bonchev–Trinajstić information content (AvgIpc) is 3.17. The van der Waals surface area contributed by atoms with Crippen molar-refractivity contribution in [3.63, 3.8) is 0 Å². The molecule has 20 heavy (non-hydrogen) atoms. The molecule has 5 nitrogen and oxygen atoms in total. The van der Waals surface area contributed by atoms with Gasteiger partial charge in [0.25, 0.3) is 0 Å². The van der Waals surface area contributed by atoms with Crippen molar-refractivity contribution in [1.82, 2.24) is 15.5 Å². The van der Waals surface area contributed by atoms with E-state index >= 15 is 0 Å². The number of rotatable bonds is 4. The predicted molar refractivity (Wildman–Crippen MR) is 75.3 cm³/mol. The monoisotopic (exact) mass is 279 g/mol. The van der Waals surface area contributed by atoms with Gasteiger partial charge in [-0.15, -0.1) is 0 Å². The van der Waals surface area contributed by atoms with Gasteiger partial charge in [0.15, 0.2) is 0 Å². The smallest absolute Gasteiger partial charge is 0.247 e. The summed E-state index contributed by atoms with van der Waals surface area (Å²) >= 11 is 0. The highest BCUT2D eigenvalue weighted by molar-refractivity contribution is 5.10. The summed E-state index contributed by atoms with van der Waals surface area (Å²) in [5, 5.41) is 7.82. The summed E-state index contributed by atoms with van der Waals surface area (Å²) in [4.78, 5) is 4.74. The summed E-state index contributed by atoms with van der Waals surface area (Å²) in [6, 6.07) is 0. The van der Waals surface area contributed by atoms with Crippen molar-refractivity contribution in [3.05, 3.63) is 11.7 Å². The lowest BCUT2D eigenvalue weighted by Crippen LogP contribution is -2.37. The Morgan fingerprint density at radius 3 is 2.60 bits per heavy atom. The van der Waals surface area contributed by atoms with E-state index in [1.807, 2.05) is 0 Å². The topological polar surface area (TPSA) is 60.2 Å². The van der Waals surface area contributed by atoms with Crippen molar-refractivity contribution in [2.75, 3.05) is 13.7 Å². The van der Waals surface area contributed by atoms with Gasteiger partial charge in [-0.25, -0.2) is 0 Å². The van der Waals surface area contributed by atoms with Crippen LogP contribution in [-0.4, -0.2) is 23.8 Å². The van der Waals surface area contributed by atoms with Gasteiger partial charge >= 0.3 is 0 Å². The van der Waals surface area contributed by atoms with Gasteiger partial charge in [0.2, 0.25) is 11.7 Å². The zero-order valence-electron chi connectivity index (χ0n) is 12.6. The molecule has 1 N–H and O–H groups in total. The van der Waals surface area contributed by atoms with Crippen LogP contribution in [0.4, 0.5) is 0 Å². The Kier molecular flexibility index (Phi) is 3.82. The number of aromatic nitrogens is 2. The van der Waals surface area contributed by atoms with Crippen molar-refractivity contribution in [3.8, 4) is 0 Å². The standard InChI is InChI=1S/C15H25N3O2/c1-3-14(8-7-11-16-14)13-17-12(18-20-13)15(19-2)9-5-4-6-10-15/h16H,3-11H2,1-2H3. The summed E-state index contributed by atoms with van der Waals surface area (Å²) in [5.41, 5.74) is -0.442. The molecule has 0 amide bonds. The number of nitrogens with zero attached hydrogens (tertiary/aromatic N) is 2. The zero-order chi connectivity index (χ0) is 14.1. The van der Waals surface area contributed by atoms with Crippen LogP contribution in [0.1, 0.15) is 70.0 Å². The SMILES string of the molecule is CCC1(c2nc(C3(OC)CCCCC3)no2)CCCN1. The van der Waals surface area contributed by atoms with Crippen LogP contribution >= 0.6 is 0 Å². The van der Waals surface area contributed by atoms with Crippen LogP contribution in [0.15, 0.2) is 4.52 Å². The Labute approximate surface area is 120 Å². The highest BCUT2D eigenvalue weighted by Crippen LogP contribution is 2.40. The summed E-state index contributed by atoms with van der Waals surface area (Å²) < 4.78 is 11.4. The maximum atomic E-state index is 5.80. The molecule has 1 aliphatic carbocycles. The fourth-order valence-corrected chi connectivity index (χ4v) is 3.69. The van der Waals surface area contributed by atoms with Crippen molar-refractivity contribution in [2.24, 2.45) is 0 Å². The molecule has 0 radical (unpaired) electrons. The average molecular weight is 279 g/mol. The molecule has 3 rings (SSSR count). The van der Waals surface area contributed by atoms with Crippen LogP contribution in [0.25, 0.3) is 0 Å². The Balaban J connectivity index is 1.89. The first-order valence-electron chi connectivity index (χ1n) is 7.89. The van der Waals surface area contributed by atoms with Crippen LogP contribution in [0.3, 0.4) is 0 Å². The summed E-state index contributed by atoms with van der Waals surface area (Å²) in [6.45, 7) is 3.20. The zero-order valence-corrected chi connectivity index (χ0v) is 12.6. The molecule has 2 aliphatic rings. The van der Waals surface area contributed by atoms with Crippen LogP contribution in [0.5, 0.6) is 0 Å². The van der Waals surface area contributed by atoms with E-state index in [1.165, 1.54) is 25.7 Å². The molecule has 2 heterocycles. The number of nitrogens with one attached hydrogen (secondary N) is 1. The molecule has 112 valence electrons. The minimum absolute atomic E-state index is 0.116. The van der Waals surface area contributed by atoms with Gasteiger partial charge in [-0.05, 0) is 38.6 Å². The van der Waals surface area contributed by atoms with Gasteiger partial charge in [-0.3, -0.25) is 0 Å². The fraction of sp³-hybridized carbons (Fsp3) is 0.867. The maximum Gasteiger partial charge on any atom is 0.247 e. The van der Waals surface area contributed by atoms with E-state index in [0.717, 1.165) is 43.9 Å². The molecule has 0 spiro atoms. The fourth-order valence-electron chi connectivity index (χ4n) is 3.69. The summed E-state index contributed by atoms with van der Waals surface area (Å²) in [6.07, 6.45) is 8.84. The van der Waals surface area contributed by atoms with E-state index in [4.69, 9.17) is 14.2 Å². The number of methoxy groups -OCH3 is 1. The van der Waals surface area contributed by atoms with Gasteiger partial charge in [0, 0.05) is 7.11 Å². The molecule has 1 atom stereocenters. The van der Waals surface area contributed by atoms with Gasteiger partial charge in [0.1, 0.15) is 5.60 Å². The Morgan fingerprint density at radius 2 is 2.00 bits per heavy atom. The lowest BCUT2D eigenvalue weighted by atomic mass is 9.84. The number of hydrogen-bond donors (Lipinski definition) is 1. The Morgan fingerprint density at radius 1 is 1.20 bits per heavy atom. The van der Waals surface area contributed by atoms with E-state index in [-0.39, 0.29) is 11.1 Å². The van der Waals surface area contributed by atoms with Gasteiger partial charge < -0.3 is 14.6 Å². The molecule has 1 aromatic heterocycles. The number of hydrogen-bond acceptors (Lipinski definition) is 5. The van der Waals surface area contributed by atoms with Crippen molar-refractivity contribution >= 4 is 0 Å². The molecule has 5 heteroatoms. The van der Waals surface area contributed by atoms with Crippen LogP contribution in [-0.2, 0) is 15.9 Å². The molecule has 0 aromatic carbocycles. The van der Waals surface area contributed by atoms with Gasteiger partial charge in [-0.1, -0.05) is 31.3 Å². The Hall–Kier alpha value is -0.940. The van der Waals surface area contributed by atoms with E-state index in [0.29, 0.717) is 0 Å². The maximum absolute atomic E-state index is 5.80.